The number of rotatable bonds is 4. The zero-order chi connectivity index (χ0) is 13.3. The molecule has 0 heterocycles. The van der Waals surface area contributed by atoms with Gasteiger partial charge in [0.1, 0.15) is 5.75 Å². The highest BCUT2D eigenvalue weighted by Crippen LogP contribution is 2.25. The molecule has 0 spiro atoms. The van der Waals surface area contributed by atoms with E-state index in [1.807, 2.05) is 13.8 Å². The summed E-state index contributed by atoms with van der Waals surface area (Å²) in [7, 11) is -1.64. The number of hydrogen-bond donors (Lipinski definition) is 1. The van der Waals surface area contributed by atoms with Gasteiger partial charge < -0.3 is 10.5 Å². The van der Waals surface area contributed by atoms with E-state index in [4.69, 9.17) is 10.5 Å². The highest BCUT2D eigenvalue weighted by Gasteiger charge is 2.17. The Morgan fingerprint density at radius 3 is 2.35 bits per heavy atom. The summed E-state index contributed by atoms with van der Waals surface area (Å²) >= 11 is 0. The van der Waals surface area contributed by atoms with Crippen LogP contribution in [0.5, 0.6) is 5.75 Å². The summed E-state index contributed by atoms with van der Waals surface area (Å²) < 4.78 is 28.2. The van der Waals surface area contributed by atoms with Crippen molar-refractivity contribution in [3.63, 3.8) is 0 Å². The van der Waals surface area contributed by atoms with Gasteiger partial charge in [-0.2, -0.15) is 0 Å². The van der Waals surface area contributed by atoms with Crippen molar-refractivity contribution in [2.75, 3.05) is 13.4 Å². The zero-order valence-electron chi connectivity index (χ0n) is 10.6. The second kappa shape index (κ2) is 4.66. The zero-order valence-corrected chi connectivity index (χ0v) is 11.5. The van der Waals surface area contributed by atoms with Gasteiger partial charge in [-0.3, -0.25) is 0 Å². The molecule has 0 aromatic heterocycles. The first-order valence-electron chi connectivity index (χ1n) is 5.29. The molecule has 0 aliphatic carbocycles. The molecular formula is C12H19NO3S. The summed E-state index contributed by atoms with van der Waals surface area (Å²) in [6.07, 6.45) is 1.74. The molecule has 0 unspecified atom stereocenters. The Morgan fingerprint density at radius 2 is 1.94 bits per heavy atom. The minimum Gasteiger partial charge on any atom is -0.496 e. The summed E-state index contributed by atoms with van der Waals surface area (Å²) in [6.45, 7) is 3.78. The van der Waals surface area contributed by atoms with Crippen LogP contribution < -0.4 is 10.5 Å². The van der Waals surface area contributed by atoms with E-state index in [2.05, 4.69) is 0 Å². The Bertz CT molecular complexity index is 501. The van der Waals surface area contributed by atoms with Crippen molar-refractivity contribution < 1.29 is 13.2 Å². The Labute approximate surface area is 103 Å². The number of methoxy groups -OCH3 is 1. The average molecular weight is 257 g/mol. The molecule has 4 nitrogen and oxygen atoms in total. The van der Waals surface area contributed by atoms with Crippen molar-refractivity contribution in [3.05, 3.63) is 23.8 Å². The molecular weight excluding hydrogens is 238 g/mol. The van der Waals surface area contributed by atoms with Crippen LogP contribution in [0, 0.1) is 0 Å². The highest BCUT2D eigenvalue weighted by molar-refractivity contribution is 7.90. The van der Waals surface area contributed by atoms with Crippen LogP contribution in [0.25, 0.3) is 0 Å². The number of sulfone groups is 1. The smallest absolute Gasteiger partial charge is 0.175 e. The first kappa shape index (κ1) is 14.0. The van der Waals surface area contributed by atoms with Crippen molar-refractivity contribution in [2.24, 2.45) is 5.73 Å². The van der Waals surface area contributed by atoms with E-state index in [1.165, 1.54) is 6.26 Å². The van der Waals surface area contributed by atoms with E-state index < -0.39 is 15.4 Å². The largest absolute Gasteiger partial charge is 0.496 e. The fourth-order valence-corrected chi connectivity index (χ4v) is 2.29. The predicted octanol–water partition coefficient (Wildman–Crippen LogP) is 1.38. The molecule has 0 amide bonds. The van der Waals surface area contributed by atoms with Crippen molar-refractivity contribution >= 4 is 9.84 Å². The average Bonchev–Trinajstić information content (AvgIpc) is 2.13. The predicted molar refractivity (Wildman–Crippen MR) is 68.1 cm³/mol. The molecule has 1 rings (SSSR count). The van der Waals surface area contributed by atoms with E-state index >= 15 is 0 Å². The maximum atomic E-state index is 11.5. The second-order valence-corrected chi connectivity index (χ2v) is 6.93. The van der Waals surface area contributed by atoms with E-state index in [0.717, 1.165) is 5.56 Å². The van der Waals surface area contributed by atoms with Crippen molar-refractivity contribution in [3.8, 4) is 5.75 Å². The van der Waals surface area contributed by atoms with Gasteiger partial charge in [-0.15, -0.1) is 0 Å². The maximum Gasteiger partial charge on any atom is 0.175 e. The quantitative estimate of drug-likeness (QED) is 0.884. The lowest BCUT2D eigenvalue weighted by molar-refractivity contribution is 0.401. The summed E-state index contributed by atoms with van der Waals surface area (Å²) in [4.78, 5) is 0.289. The lowest BCUT2D eigenvalue weighted by atomic mass is 9.96. The third-order valence-electron chi connectivity index (χ3n) is 2.33. The molecule has 0 saturated heterocycles. The van der Waals surface area contributed by atoms with E-state index in [9.17, 15) is 8.42 Å². The summed E-state index contributed by atoms with van der Waals surface area (Å²) in [5.74, 6) is 0.663. The topological polar surface area (TPSA) is 69.4 Å². The monoisotopic (exact) mass is 257 g/mol. The van der Waals surface area contributed by atoms with E-state index in [1.54, 1.807) is 25.3 Å². The molecule has 0 saturated carbocycles. The molecule has 0 radical (unpaired) electrons. The Hall–Kier alpha value is -1.07. The van der Waals surface area contributed by atoms with Gasteiger partial charge in [0.2, 0.25) is 0 Å². The highest BCUT2D eigenvalue weighted by atomic mass is 32.2. The second-order valence-electron chi connectivity index (χ2n) is 4.91. The minimum atomic E-state index is -3.20. The third-order valence-corrected chi connectivity index (χ3v) is 3.44. The van der Waals surface area contributed by atoms with Gasteiger partial charge in [-0.25, -0.2) is 8.42 Å². The van der Waals surface area contributed by atoms with Crippen molar-refractivity contribution in [2.45, 2.75) is 30.7 Å². The van der Waals surface area contributed by atoms with Crippen LogP contribution in [-0.2, 0) is 16.3 Å². The number of ether oxygens (including phenoxy) is 1. The molecule has 0 aliphatic rings. The number of nitrogens with two attached hydrogens (primary N) is 1. The van der Waals surface area contributed by atoms with Crippen molar-refractivity contribution in [1.82, 2.24) is 0 Å². The molecule has 1 aromatic carbocycles. The molecule has 0 aliphatic heterocycles. The SMILES string of the molecule is COc1ccc(S(C)(=O)=O)cc1CC(C)(C)N. The Kier molecular flexibility index (Phi) is 3.84. The van der Waals surface area contributed by atoms with Crippen LogP contribution in [0.2, 0.25) is 0 Å². The Balaban J connectivity index is 3.25. The third kappa shape index (κ3) is 4.02. The molecule has 17 heavy (non-hydrogen) atoms. The van der Waals surface area contributed by atoms with Crippen molar-refractivity contribution in [1.29, 1.82) is 0 Å². The van der Waals surface area contributed by atoms with Crippen LogP contribution in [0.4, 0.5) is 0 Å². The summed E-state index contributed by atoms with van der Waals surface area (Å²) in [6, 6.07) is 4.83. The van der Waals surface area contributed by atoms with Gasteiger partial charge in [0.25, 0.3) is 0 Å². The van der Waals surface area contributed by atoms with Crippen LogP contribution in [0.15, 0.2) is 23.1 Å². The summed E-state index contributed by atoms with van der Waals surface area (Å²) in [5.41, 5.74) is 6.34. The fraction of sp³-hybridized carbons (Fsp3) is 0.500. The molecule has 0 atom stereocenters. The van der Waals surface area contributed by atoms with Crippen LogP contribution in [0.1, 0.15) is 19.4 Å². The first-order valence-corrected chi connectivity index (χ1v) is 7.18. The molecule has 5 heteroatoms. The van der Waals surface area contributed by atoms with Gasteiger partial charge in [-0.1, -0.05) is 0 Å². The molecule has 1 aromatic rings. The van der Waals surface area contributed by atoms with E-state index in [0.29, 0.717) is 12.2 Å². The summed E-state index contributed by atoms with van der Waals surface area (Å²) in [5, 5.41) is 0. The minimum absolute atomic E-state index is 0.289. The maximum absolute atomic E-state index is 11.5. The molecule has 2 N–H and O–H groups in total. The van der Waals surface area contributed by atoms with Crippen LogP contribution >= 0.6 is 0 Å². The fourth-order valence-electron chi connectivity index (χ4n) is 1.61. The lowest BCUT2D eigenvalue weighted by Crippen LogP contribution is -2.34. The van der Waals surface area contributed by atoms with Gasteiger partial charge in [0.05, 0.1) is 12.0 Å². The molecule has 0 bridgehead atoms. The number of hydrogen-bond acceptors (Lipinski definition) is 4. The van der Waals surface area contributed by atoms with Gasteiger partial charge >= 0.3 is 0 Å². The van der Waals surface area contributed by atoms with Crippen LogP contribution in [-0.4, -0.2) is 27.3 Å². The number of benzene rings is 1. The molecule has 0 fully saturated rings. The first-order chi connectivity index (χ1) is 7.63. The Morgan fingerprint density at radius 1 is 1.35 bits per heavy atom. The van der Waals surface area contributed by atoms with Gasteiger partial charge in [0, 0.05) is 11.8 Å². The normalized spacial score (nSPS) is 12.5. The lowest BCUT2D eigenvalue weighted by Gasteiger charge is -2.20. The van der Waals surface area contributed by atoms with Crippen LogP contribution in [0.3, 0.4) is 0 Å². The van der Waals surface area contributed by atoms with E-state index in [-0.39, 0.29) is 4.90 Å². The van der Waals surface area contributed by atoms with Gasteiger partial charge in [-0.05, 0) is 44.0 Å². The standard InChI is InChI=1S/C12H19NO3S/c1-12(2,13)8-9-7-10(17(4,14)15)5-6-11(9)16-3/h5-7H,8,13H2,1-4H3. The molecule has 96 valence electrons. The van der Waals surface area contributed by atoms with Gasteiger partial charge in [0.15, 0.2) is 9.84 Å².